The van der Waals surface area contributed by atoms with Crippen LogP contribution in [0.5, 0.6) is 5.75 Å². The lowest BCUT2D eigenvalue weighted by Gasteiger charge is -2.21. The van der Waals surface area contributed by atoms with Crippen molar-refractivity contribution in [3.63, 3.8) is 0 Å². The lowest BCUT2D eigenvalue weighted by molar-refractivity contribution is -0.137. The predicted octanol–water partition coefficient (Wildman–Crippen LogP) is 4.43. The molecule has 3 rings (SSSR count). The Bertz CT molecular complexity index is 969. The van der Waals surface area contributed by atoms with Gasteiger partial charge < -0.3 is 14.2 Å². The highest BCUT2D eigenvalue weighted by molar-refractivity contribution is 6.31. The third-order valence-electron chi connectivity index (χ3n) is 4.32. The first-order valence-electron chi connectivity index (χ1n) is 8.91. The molecule has 1 aromatic heterocycles. The highest BCUT2D eigenvalue weighted by Gasteiger charge is 2.21. The Balaban J connectivity index is 1.62. The van der Waals surface area contributed by atoms with Gasteiger partial charge >= 0.3 is 0 Å². The molecule has 1 atom stereocenters. The molecule has 0 radical (unpaired) electrons. The molecule has 0 spiro atoms. The normalized spacial score (nSPS) is 11.9. The van der Waals surface area contributed by atoms with E-state index in [1.165, 1.54) is 4.90 Å². The molecule has 1 amide bonds. The fraction of sp³-hybridized carbons (Fsp3) is 0.286. The van der Waals surface area contributed by atoms with Crippen molar-refractivity contribution in [1.29, 1.82) is 0 Å². The van der Waals surface area contributed by atoms with Crippen LogP contribution in [0.2, 0.25) is 5.02 Å². The summed E-state index contributed by atoms with van der Waals surface area (Å²) in [6.45, 7) is 5.80. The highest BCUT2D eigenvalue weighted by atomic mass is 35.5. The van der Waals surface area contributed by atoms with Gasteiger partial charge in [-0.15, -0.1) is 0 Å². The van der Waals surface area contributed by atoms with Crippen LogP contribution in [0.4, 0.5) is 0 Å². The van der Waals surface area contributed by atoms with Gasteiger partial charge in [0.15, 0.2) is 6.10 Å². The first-order valence-corrected chi connectivity index (χ1v) is 9.28. The standard InChI is InChI=1S/C21H22ClN3O3/c1-13-5-7-16(8-6-13)20-23-19(28-24-20)12-25(4)21(26)15(3)27-17-9-10-18(22)14(2)11-17/h5-11,15H,12H2,1-4H3/t15-/m0/s1. The minimum atomic E-state index is -0.662. The summed E-state index contributed by atoms with van der Waals surface area (Å²) in [6.07, 6.45) is -0.662. The summed E-state index contributed by atoms with van der Waals surface area (Å²) in [6, 6.07) is 13.1. The molecular weight excluding hydrogens is 378 g/mol. The van der Waals surface area contributed by atoms with E-state index in [4.69, 9.17) is 20.9 Å². The lowest BCUT2D eigenvalue weighted by Crippen LogP contribution is -2.37. The average molecular weight is 400 g/mol. The van der Waals surface area contributed by atoms with Gasteiger partial charge in [-0.3, -0.25) is 4.79 Å². The van der Waals surface area contributed by atoms with Crippen molar-refractivity contribution in [2.75, 3.05) is 7.05 Å². The average Bonchev–Trinajstić information content (AvgIpc) is 3.13. The van der Waals surface area contributed by atoms with Gasteiger partial charge in [0, 0.05) is 17.6 Å². The summed E-state index contributed by atoms with van der Waals surface area (Å²) in [5, 5.41) is 4.65. The number of ether oxygens (including phenoxy) is 1. The van der Waals surface area contributed by atoms with Gasteiger partial charge in [-0.25, -0.2) is 0 Å². The summed E-state index contributed by atoms with van der Waals surface area (Å²) >= 11 is 6.02. The van der Waals surface area contributed by atoms with Gasteiger partial charge in [0.2, 0.25) is 11.7 Å². The molecule has 1 heterocycles. The zero-order valence-electron chi connectivity index (χ0n) is 16.3. The van der Waals surface area contributed by atoms with E-state index in [1.807, 2.05) is 38.1 Å². The Morgan fingerprint density at radius 2 is 1.93 bits per heavy atom. The molecule has 0 fully saturated rings. The van der Waals surface area contributed by atoms with Crippen molar-refractivity contribution in [3.8, 4) is 17.1 Å². The number of rotatable bonds is 6. The summed E-state index contributed by atoms with van der Waals surface area (Å²) in [7, 11) is 1.67. The van der Waals surface area contributed by atoms with Crippen LogP contribution < -0.4 is 4.74 Å². The van der Waals surface area contributed by atoms with Gasteiger partial charge in [0.1, 0.15) is 5.75 Å². The molecule has 7 heteroatoms. The van der Waals surface area contributed by atoms with E-state index in [0.717, 1.165) is 16.7 Å². The quantitative estimate of drug-likeness (QED) is 0.613. The fourth-order valence-corrected chi connectivity index (χ4v) is 2.79. The van der Waals surface area contributed by atoms with Crippen LogP contribution in [0.25, 0.3) is 11.4 Å². The Hall–Kier alpha value is -2.86. The molecule has 0 saturated heterocycles. The molecule has 0 aliphatic heterocycles. The first kappa shape index (κ1) is 19.9. The Morgan fingerprint density at radius 1 is 1.21 bits per heavy atom. The molecular formula is C21H22ClN3O3. The summed E-state index contributed by atoms with van der Waals surface area (Å²) in [5.41, 5.74) is 2.91. The SMILES string of the molecule is Cc1ccc(-c2noc(CN(C)C(=O)[C@H](C)Oc3ccc(Cl)c(C)c3)n2)cc1. The van der Waals surface area contributed by atoms with Crippen molar-refractivity contribution in [2.24, 2.45) is 0 Å². The van der Waals surface area contributed by atoms with Crippen LogP contribution in [0.1, 0.15) is 23.9 Å². The number of nitrogens with zero attached hydrogens (tertiary/aromatic N) is 3. The molecule has 2 aromatic carbocycles. The van der Waals surface area contributed by atoms with E-state index in [0.29, 0.717) is 22.5 Å². The Kier molecular flexibility index (Phi) is 5.99. The number of carbonyl (C=O) groups excluding carboxylic acids is 1. The molecule has 0 saturated carbocycles. The van der Waals surface area contributed by atoms with Gasteiger partial charge in [-0.2, -0.15) is 4.98 Å². The summed E-state index contributed by atoms with van der Waals surface area (Å²) in [5.74, 6) is 1.26. The van der Waals surface area contributed by atoms with Gasteiger partial charge in [0.05, 0.1) is 6.54 Å². The van der Waals surface area contributed by atoms with E-state index in [2.05, 4.69) is 10.1 Å². The number of aryl methyl sites for hydroxylation is 2. The Morgan fingerprint density at radius 3 is 2.61 bits per heavy atom. The monoisotopic (exact) mass is 399 g/mol. The van der Waals surface area contributed by atoms with Crippen molar-refractivity contribution in [3.05, 3.63) is 64.5 Å². The maximum Gasteiger partial charge on any atom is 0.263 e. The van der Waals surface area contributed by atoms with Crippen LogP contribution in [-0.2, 0) is 11.3 Å². The maximum atomic E-state index is 12.6. The minimum Gasteiger partial charge on any atom is -0.481 e. The van der Waals surface area contributed by atoms with Gasteiger partial charge in [0.25, 0.3) is 5.91 Å². The smallest absolute Gasteiger partial charge is 0.263 e. The topological polar surface area (TPSA) is 68.5 Å². The first-order chi connectivity index (χ1) is 13.3. The van der Waals surface area contributed by atoms with Gasteiger partial charge in [-0.1, -0.05) is 46.6 Å². The third kappa shape index (κ3) is 4.70. The lowest BCUT2D eigenvalue weighted by atomic mass is 10.1. The van der Waals surface area contributed by atoms with Gasteiger partial charge in [-0.05, 0) is 44.5 Å². The number of hydrogen-bond donors (Lipinski definition) is 0. The number of carbonyl (C=O) groups is 1. The van der Waals surface area contributed by atoms with E-state index in [-0.39, 0.29) is 12.5 Å². The zero-order chi connectivity index (χ0) is 20.3. The van der Waals surface area contributed by atoms with Crippen LogP contribution >= 0.6 is 11.6 Å². The number of amides is 1. The number of benzene rings is 2. The highest BCUT2D eigenvalue weighted by Crippen LogP contribution is 2.22. The Labute approximate surface area is 169 Å². The zero-order valence-corrected chi connectivity index (χ0v) is 17.0. The van der Waals surface area contributed by atoms with Crippen LogP contribution in [0.15, 0.2) is 47.0 Å². The second-order valence-corrected chi connectivity index (χ2v) is 7.15. The number of likely N-dealkylation sites (N-methyl/N-ethyl adjacent to an activating group) is 1. The molecule has 0 aliphatic carbocycles. The summed E-state index contributed by atoms with van der Waals surface area (Å²) in [4.78, 5) is 18.5. The molecule has 28 heavy (non-hydrogen) atoms. The van der Waals surface area contributed by atoms with Crippen molar-refractivity contribution in [1.82, 2.24) is 15.0 Å². The van der Waals surface area contributed by atoms with Crippen molar-refractivity contribution >= 4 is 17.5 Å². The molecule has 0 aliphatic rings. The van der Waals surface area contributed by atoms with E-state index >= 15 is 0 Å². The predicted molar refractivity (Wildman–Crippen MR) is 107 cm³/mol. The second-order valence-electron chi connectivity index (χ2n) is 6.74. The molecule has 0 unspecified atom stereocenters. The van der Waals surface area contributed by atoms with Crippen molar-refractivity contribution < 1.29 is 14.1 Å². The minimum absolute atomic E-state index is 0.192. The molecule has 6 nitrogen and oxygen atoms in total. The van der Waals surface area contributed by atoms with E-state index < -0.39 is 6.10 Å². The largest absolute Gasteiger partial charge is 0.481 e. The molecule has 0 bridgehead atoms. The van der Waals surface area contributed by atoms with Crippen LogP contribution in [-0.4, -0.2) is 34.1 Å². The number of hydrogen-bond acceptors (Lipinski definition) is 5. The third-order valence-corrected chi connectivity index (χ3v) is 4.74. The molecule has 146 valence electrons. The number of aromatic nitrogens is 2. The maximum absolute atomic E-state index is 12.6. The summed E-state index contributed by atoms with van der Waals surface area (Å²) < 4.78 is 11.0. The van der Waals surface area contributed by atoms with Crippen molar-refractivity contribution in [2.45, 2.75) is 33.4 Å². The molecule has 3 aromatic rings. The fourth-order valence-electron chi connectivity index (χ4n) is 2.68. The molecule has 0 N–H and O–H groups in total. The second kappa shape index (κ2) is 8.44. The number of halogens is 1. The van der Waals surface area contributed by atoms with Crippen LogP contribution in [0.3, 0.4) is 0 Å². The van der Waals surface area contributed by atoms with E-state index in [1.54, 1.807) is 32.2 Å². The van der Waals surface area contributed by atoms with Crippen LogP contribution in [0, 0.1) is 13.8 Å². The van der Waals surface area contributed by atoms with E-state index in [9.17, 15) is 4.79 Å².